The third-order valence-corrected chi connectivity index (χ3v) is 5.48. The topological polar surface area (TPSA) is 96.2 Å². The molecular formula is C21H27N5O4. The van der Waals surface area contributed by atoms with Gasteiger partial charge in [0.05, 0.1) is 17.4 Å². The van der Waals surface area contributed by atoms with Crippen LogP contribution in [-0.4, -0.2) is 57.8 Å². The van der Waals surface area contributed by atoms with Crippen molar-refractivity contribution >= 4 is 29.2 Å². The van der Waals surface area contributed by atoms with Crippen molar-refractivity contribution in [1.29, 1.82) is 0 Å². The number of nitrogens with one attached hydrogen (secondary N) is 1. The Morgan fingerprint density at radius 2 is 1.90 bits per heavy atom. The van der Waals surface area contributed by atoms with Gasteiger partial charge in [-0.05, 0) is 51.2 Å². The van der Waals surface area contributed by atoms with Gasteiger partial charge < -0.3 is 9.64 Å². The van der Waals surface area contributed by atoms with Gasteiger partial charge in [0.25, 0.3) is 0 Å². The minimum absolute atomic E-state index is 0.257. The molecule has 0 aliphatic carbocycles. The van der Waals surface area contributed by atoms with Crippen molar-refractivity contribution < 1.29 is 19.1 Å². The lowest BCUT2D eigenvalue weighted by Crippen LogP contribution is -2.49. The zero-order valence-corrected chi connectivity index (χ0v) is 17.6. The number of urea groups is 1. The maximum absolute atomic E-state index is 12.3. The average molecular weight is 413 g/mol. The Morgan fingerprint density at radius 1 is 1.17 bits per heavy atom. The van der Waals surface area contributed by atoms with Gasteiger partial charge in [-0.1, -0.05) is 6.07 Å². The van der Waals surface area contributed by atoms with E-state index in [1.807, 2.05) is 33.0 Å². The average Bonchev–Trinajstić information content (AvgIpc) is 3.10. The summed E-state index contributed by atoms with van der Waals surface area (Å²) in [4.78, 5) is 39.1. The van der Waals surface area contributed by atoms with E-state index in [2.05, 4.69) is 16.5 Å². The van der Waals surface area contributed by atoms with E-state index in [9.17, 15) is 14.4 Å². The molecule has 4 rings (SSSR count). The van der Waals surface area contributed by atoms with Gasteiger partial charge in [-0.25, -0.2) is 14.1 Å². The van der Waals surface area contributed by atoms with Crippen LogP contribution >= 0.6 is 0 Å². The SMILES string of the molecule is CC(C)(C)OC(=O)N1CCC(c2ccc3c(N4CCC(=O)NC4=O)cnn3c2)CC1. The molecule has 9 nitrogen and oxygen atoms in total. The van der Waals surface area contributed by atoms with Gasteiger partial charge in [-0.15, -0.1) is 0 Å². The third-order valence-electron chi connectivity index (χ3n) is 5.48. The number of hydrogen-bond acceptors (Lipinski definition) is 5. The summed E-state index contributed by atoms with van der Waals surface area (Å²) in [5, 5.41) is 6.75. The minimum atomic E-state index is -0.491. The van der Waals surface area contributed by atoms with Crippen LogP contribution in [0.4, 0.5) is 15.3 Å². The smallest absolute Gasteiger partial charge is 0.410 e. The van der Waals surface area contributed by atoms with Crippen LogP contribution in [-0.2, 0) is 9.53 Å². The molecule has 0 bridgehead atoms. The zero-order valence-electron chi connectivity index (χ0n) is 17.6. The number of pyridine rings is 1. The van der Waals surface area contributed by atoms with Gasteiger partial charge in [-0.2, -0.15) is 5.10 Å². The van der Waals surface area contributed by atoms with Gasteiger partial charge in [0.1, 0.15) is 5.60 Å². The molecule has 2 aromatic rings. The van der Waals surface area contributed by atoms with Crippen LogP contribution in [0.5, 0.6) is 0 Å². The first-order chi connectivity index (χ1) is 14.2. The summed E-state index contributed by atoms with van der Waals surface area (Å²) in [6.07, 6.45) is 5.37. The number of hydrogen-bond donors (Lipinski definition) is 1. The number of nitrogens with zero attached hydrogens (tertiary/aromatic N) is 4. The van der Waals surface area contributed by atoms with Crippen LogP contribution in [0, 0.1) is 0 Å². The van der Waals surface area contributed by atoms with E-state index in [4.69, 9.17) is 4.74 Å². The molecule has 0 spiro atoms. The highest BCUT2D eigenvalue weighted by molar-refractivity contribution is 6.07. The van der Waals surface area contributed by atoms with Gasteiger partial charge in [0.2, 0.25) is 5.91 Å². The Morgan fingerprint density at radius 3 is 2.57 bits per heavy atom. The van der Waals surface area contributed by atoms with Crippen LogP contribution in [0.1, 0.15) is 51.5 Å². The highest BCUT2D eigenvalue weighted by Crippen LogP contribution is 2.31. The number of aromatic nitrogens is 2. The van der Waals surface area contributed by atoms with Crippen molar-refractivity contribution in [2.45, 2.75) is 51.6 Å². The van der Waals surface area contributed by atoms with Crippen molar-refractivity contribution in [3.05, 3.63) is 30.1 Å². The van der Waals surface area contributed by atoms with Crippen molar-refractivity contribution in [3.8, 4) is 0 Å². The first-order valence-corrected chi connectivity index (χ1v) is 10.3. The van der Waals surface area contributed by atoms with Crippen molar-refractivity contribution in [2.24, 2.45) is 0 Å². The molecule has 2 saturated heterocycles. The minimum Gasteiger partial charge on any atom is -0.444 e. The van der Waals surface area contributed by atoms with Crippen molar-refractivity contribution in [2.75, 3.05) is 24.5 Å². The molecule has 0 unspecified atom stereocenters. The molecule has 0 saturated carbocycles. The normalized spacial score (nSPS) is 18.6. The Labute approximate surface area is 175 Å². The lowest BCUT2D eigenvalue weighted by Gasteiger charge is -2.33. The number of piperidine rings is 1. The summed E-state index contributed by atoms with van der Waals surface area (Å²) in [5.74, 6) is 0.0735. The number of fused-ring (bicyclic) bond motifs is 1. The van der Waals surface area contributed by atoms with Crippen LogP contribution in [0.15, 0.2) is 24.5 Å². The highest BCUT2D eigenvalue weighted by Gasteiger charge is 2.29. The third kappa shape index (κ3) is 4.10. The highest BCUT2D eigenvalue weighted by atomic mass is 16.6. The maximum Gasteiger partial charge on any atom is 0.410 e. The molecule has 2 aromatic heterocycles. The molecule has 0 atom stereocenters. The largest absolute Gasteiger partial charge is 0.444 e. The summed E-state index contributed by atoms with van der Waals surface area (Å²) >= 11 is 0. The molecule has 4 heterocycles. The Hall–Kier alpha value is -3.10. The second-order valence-corrected chi connectivity index (χ2v) is 8.82. The predicted molar refractivity (Wildman–Crippen MR) is 110 cm³/mol. The standard InChI is InChI=1S/C21H27N5O4/c1-21(2,3)30-20(29)24-9-6-14(7-10-24)15-4-5-16-17(12-22-26(16)13-15)25-11-8-18(27)23-19(25)28/h4-5,12-14H,6-11H2,1-3H3,(H,23,27,28). The number of anilines is 1. The molecule has 2 aliphatic heterocycles. The Kier molecular flexibility index (Phi) is 5.13. The molecular weight excluding hydrogens is 386 g/mol. The summed E-state index contributed by atoms with van der Waals surface area (Å²) in [5.41, 5.74) is 2.16. The maximum atomic E-state index is 12.3. The summed E-state index contributed by atoms with van der Waals surface area (Å²) in [7, 11) is 0. The van der Waals surface area contributed by atoms with Crippen LogP contribution in [0.2, 0.25) is 0 Å². The Balaban J connectivity index is 1.45. The van der Waals surface area contributed by atoms with E-state index in [1.165, 1.54) is 0 Å². The summed E-state index contributed by atoms with van der Waals surface area (Å²) < 4.78 is 7.24. The van der Waals surface area contributed by atoms with Crippen LogP contribution in [0.25, 0.3) is 5.52 Å². The molecule has 30 heavy (non-hydrogen) atoms. The number of carbonyl (C=O) groups excluding carboxylic acids is 3. The fourth-order valence-electron chi connectivity index (χ4n) is 3.95. The van der Waals surface area contributed by atoms with Gasteiger partial charge >= 0.3 is 12.1 Å². The monoisotopic (exact) mass is 413 g/mol. The van der Waals surface area contributed by atoms with E-state index in [0.717, 1.165) is 23.9 Å². The quantitative estimate of drug-likeness (QED) is 0.817. The summed E-state index contributed by atoms with van der Waals surface area (Å²) in [6, 6.07) is 3.60. The number of likely N-dealkylation sites (tertiary alicyclic amines) is 1. The van der Waals surface area contributed by atoms with E-state index in [1.54, 1.807) is 20.5 Å². The van der Waals surface area contributed by atoms with Gasteiger partial charge in [0.15, 0.2) is 0 Å². The van der Waals surface area contributed by atoms with E-state index >= 15 is 0 Å². The predicted octanol–water partition coefficient (Wildman–Crippen LogP) is 2.90. The zero-order chi connectivity index (χ0) is 21.5. The fourth-order valence-corrected chi connectivity index (χ4v) is 3.95. The number of ether oxygens (including phenoxy) is 1. The lowest BCUT2D eigenvalue weighted by molar-refractivity contribution is -0.120. The number of rotatable bonds is 2. The van der Waals surface area contributed by atoms with Crippen molar-refractivity contribution in [3.63, 3.8) is 0 Å². The van der Waals surface area contributed by atoms with E-state index in [-0.39, 0.29) is 18.4 Å². The Bertz CT molecular complexity index is 985. The second-order valence-electron chi connectivity index (χ2n) is 8.82. The van der Waals surface area contributed by atoms with E-state index in [0.29, 0.717) is 31.2 Å². The summed E-state index contributed by atoms with van der Waals surface area (Å²) in [6.45, 7) is 7.27. The first-order valence-electron chi connectivity index (χ1n) is 10.3. The molecule has 0 aromatic carbocycles. The number of imide groups is 1. The molecule has 1 N–H and O–H groups in total. The van der Waals surface area contributed by atoms with Crippen molar-refractivity contribution in [1.82, 2.24) is 19.8 Å². The molecule has 9 heteroatoms. The number of amides is 4. The van der Waals surface area contributed by atoms with Crippen LogP contribution < -0.4 is 10.2 Å². The number of carbonyl (C=O) groups is 3. The lowest BCUT2D eigenvalue weighted by atomic mass is 9.90. The molecule has 2 fully saturated rings. The fraction of sp³-hybridized carbons (Fsp3) is 0.524. The van der Waals surface area contributed by atoms with Crippen LogP contribution in [0.3, 0.4) is 0 Å². The van der Waals surface area contributed by atoms with E-state index < -0.39 is 11.6 Å². The second kappa shape index (κ2) is 7.62. The van der Waals surface area contributed by atoms with Gasteiger partial charge in [-0.3, -0.25) is 15.0 Å². The first kappa shape index (κ1) is 20.2. The van der Waals surface area contributed by atoms with Gasteiger partial charge in [0, 0.05) is 32.3 Å². The molecule has 2 aliphatic rings. The molecule has 4 amide bonds. The molecule has 160 valence electrons. The molecule has 0 radical (unpaired) electrons.